The third-order valence-electron chi connectivity index (χ3n) is 2.04. The fourth-order valence-corrected chi connectivity index (χ4v) is 2.06. The number of hydrogen-bond donors (Lipinski definition) is 2. The predicted octanol–water partition coefficient (Wildman–Crippen LogP) is 2.48. The number of nitrogen functional groups attached to an aromatic ring is 1. The molecule has 0 bridgehead atoms. The van der Waals surface area contributed by atoms with Gasteiger partial charge in [-0.05, 0) is 24.1 Å². The molecule has 0 saturated carbocycles. The second-order valence-electron chi connectivity index (χ2n) is 3.37. The minimum atomic E-state index is -0.167. The Bertz CT molecular complexity index is 440. The molecule has 3 N–H and O–H groups in total. The topological polar surface area (TPSA) is 55.1 Å². The lowest BCUT2D eigenvalue weighted by Gasteiger charge is -1.95. The van der Waals surface area contributed by atoms with Gasteiger partial charge in [0.05, 0.1) is 4.91 Å². The minimum Gasteiger partial charge on any atom is -0.399 e. The molecule has 1 aromatic rings. The lowest BCUT2D eigenvalue weighted by molar-refractivity contribution is -0.115. The quantitative estimate of drug-likeness (QED) is 0.466. The smallest absolute Gasteiger partial charge is 0.262 e. The minimum absolute atomic E-state index is 0.167. The number of anilines is 1. The Hall–Kier alpha value is -1.33. The molecule has 90 valence electrons. The number of carbonyl (C=O) groups is 1. The molecular weight excluding hydrogens is 252 g/mol. The van der Waals surface area contributed by atoms with Gasteiger partial charge < -0.3 is 11.1 Å². The van der Waals surface area contributed by atoms with Gasteiger partial charge in [-0.1, -0.05) is 49.6 Å². The van der Waals surface area contributed by atoms with Gasteiger partial charge in [0.2, 0.25) is 0 Å². The van der Waals surface area contributed by atoms with E-state index < -0.39 is 0 Å². The van der Waals surface area contributed by atoms with Crippen molar-refractivity contribution in [2.24, 2.45) is 0 Å². The van der Waals surface area contributed by atoms with Crippen LogP contribution in [0, 0.1) is 0 Å². The third-order valence-corrected chi connectivity index (χ3v) is 3.12. The van der Waals surface area contributed by atoms with Crippen molar-refractivity contribution in [1.29, 1.82) is 0 Å². The standard InChI is InChI=1S/C8H11N.C4H3NOS2/c1-2-7-4-3-5-8(9)6-7;1-2-3(6)5-4(7)8-2/h3-6H,2,9H2,1H3;1H2,(H,5,6,7). The van der Waals surface area contributed by atoms with E-state index in [1.54, 1.807) is 0 Å². The number of carbonyl (C=O) groups excluding carboxylic acids is 1. The molecule has 0 unspecified atom stereocenters. The maximum absolute atomic E-state index is 10.5. The van der Waals surface area contributed by atoms with Crippen LogP contribution in [0.2, 0.25) is 0 Å². The van der Waals surface area contributed by atoms with Crippen LogP contribution in [-0.4, -0.2) is 10.2 Å². The van der Waals surface area contributed by atoms with Crippen LogP contribution in [0.3, 0.4) is 0 Å². The number of amides is 1. The average Bonchev–Trinajstić information content (AvgIpc) is 2.57. The lowest BCUT2D eigenvalue weighted by atomic mass is 10.1. The van der Waals surface area contributed by atoms with Gasteiger partial charge in [0.1, 0.15) is 4.32 Å². The molecule has 1 aliphatic rings. The van der Waals surface area contributed by atoms with Crippen molar-refractivity contribution in [2.45, 2.75) is 13.3 Å². The number of nitrogens with one attached hydrogen (secondary N) is 1. The number of aryl methyl sites for hydroxylation is 1. The number of thiocarbonyl (C=S) groups is 1. The highest BCUT2D eigenvalue weighted by atomic mass is 32.2. The molecule has 3 nitrogen and oxygen atoms in total. The summed E-state index contributed by atoms with van der Waals surface area (Å²) in [4.78, 5) is 10.9. The lowest BCUT2D eigenvalue weighted by Crippen LogP contribution is -2.17. The first-order valence-corrected chi connectivity index (χ1v) is 6.32. The molecule has 0 atom stereocenters. The van der Waals surface area contributed by atoms with Gasteiger partial charge in [0.25, 0.3) is 5.91 Å². The summed E-state index contributed by atoms with van der Waals surface area (Å²) in [6, 6.07) is 7.96. The van der Waals surface area contributed by atoms with Crippen LogP contribution in [0.25, 0.3) is 0 Å². The molecule has 1 aromatic carbocycles. The number of nitrogens with two attached hydrogens (primary N) is 1. The summed E-state index contributed by atoms with van der Waals surface area (Å²) in [5.41, 5.74) is 7.69. The molecule has 2 rings (SSSR count). The van der Waals surface area contributed by atoms with Crippen LogP contribution in [0.1, 0.15) is 12.5 Å². The predicted molar refractivity (Wildman–Crippen MR) is 77.7 cm³/mol. The van der Waals surface area contributed by atoms with Gasteiger partial charge in [-0.15, -0.1) is 0 Å². The van der Waals surface area contributed by atoms with E-state index in [0.717, 1.165) is 12.1 Å². The summed E-state index contributed by atoms with van der Waals surface area (Å²) in [6.45, 7) is 5.57. The molecule has 0 aromatic heterocycles. The molecule has 0 spiro atoms. The first-order chi connectivity index (χ1) is 8.02. The van der Waals surface area contributed by atoms with Crippen molar-refractivity contribution in [3.63, 3.8) is 0 Å². The van der Waals surface area contributed by atoms with Crippen molar-refractivity contribution in [3.05, 3.63) is 41.3 Å². The normalized spacial score (nSPS) is 14.1. The monoisotopic (exact) mass is 266 g/mol. The van der Waals surface area contributed by atoms with Crippen LogP contribution in [-0.2, 0) is 11.2 Å². The van der Waals surface area contributed by atoms with Gasteiger partial charge in [-0.2, -0.15) is 0 Å². The maximum atomic E-state index is 10.5. The zero-order valence-corrected chi connectivity index (χ0v) is 11.2. The second kappa shape index (κ2) is 6.42. The van der Waals surface area contributed by atoms with Gasteiger partial charge in [0.15, 0.2) is 0 Å². The molecule has 0 radical (unpaired) electrons. The first-order valence-electron chi connectivity index (χ1n) is 5.09. The van der Waals surface area contributed by atoms with Crippen molar-refractivity contribution in [2.75, 3.05) is 5.73 Å². The van der Waals surface area contributed by atoms with Crippen LogP contribution >= 0.6 is 24.0 Å². The molecule has 5 heteroatoms. The van der Waals surface area contributed by atoms with Crippen LogP contribution in [0.4, 0.5) is 5.69 Å². The van der Waals surface area contributed by atoms with Crippen molar-refractivity contribution < 1.29 is 4.79 Å². The third kappa shape index (κ3) is 4.58. The van der Waals surface area contributed by atoms with E-state index in [2.05, 4.69) is 37.1 Å². The number of benzene rings is 1. The maximum Gasteiger partial charge on any atom is 0.262 e. The number of hydrogen-bond acceptors (Lipinski definition) is 4. The molecule has 1 fully saturated rings. The summed E-state index contributed by atoms with van der Waals surface area (Å²) < 4.78 is 0.500. The second-order valence-corrected chi connectivity index (χ2v) is 5.14. The summed E-state index contributed by atoms with van der Waals surface area (Å²) in [7, 11) is 0. The summed E-state index contributed by atoms with van der Waals surface area (Å²) in [5.74, 6) is -0.167. The Kier molecular flexibility index (Phi) is 5.18. The molecule has 1 heterocycles. The summed E-state index contributed by atoms with van der Waals surface area (Å²) >= 11 is 5.85. The molecule has 17 heavy (non-hydrogen) atoms. The highest BCUT2D eigenvalue weighted by Gasteiger charge is 2.18. The van der Waals surface area contributed by atoms with Crippen molar-refractivity contribution in [3.8, 4) is 0 Å². The van der Waals surface area contributed by atoms with Gasteiger partial charge in [0, 0.05) is 5.69 Å². The summed E-state index contributed by atoms with van der Waals surface area (Å²) in [5, 5.41) is 2.42. The molecule has 1 saturated heterocycles. The van der Waals surface area contributed by atoms with Crippen LogP contribution < -0.4 is 11.1 Å². The van der Waals surface area contributed by atoms with E-state index in [0.29, 0.717) is 9.23 Å². The number of rotatable bonds is 1. The Balaban J connectivity index is 0.000000171. The average molecular weight is 266 g/mol. The van der Waals surface area contributed by atoms with E-state index >= 15 is 0 Å². The van der Waals surface area contributed by atoms with E-state index in [4.69, 9.17) is 5.73 Å². The van der Waals surface area contributed by atoms with E-state index in [1.165, 1.54) is 17.3 Å². The summed E-state index contributed by atoms with van der Waals surface area (Å²) in [6.07, 6.45) is 1.06. The zero-order chi connectivity index (χ0) is 12.8. The van der Waals surface area contributed by atoms with E-state index in [1.807, 2.05) is 18.2 Å². The zero-order valence-electron chi connectivity index (χ0n) is 9.53. The van der Waals surface area contributed by atoms with E-state index in [-0.39, 0.29) is 5.91 Å². The van der Waals surface area contributed by atoms with Crippen molar-refractivity contribution >= 4 is 39.9 Å². The fourth-order valence-electron chi connectivity index (χ4n) is 1.16. The molecule has 1 amide bonds. The molecule has 0 aliphatic carbocycles. The highest BCUT2D eigenvalue weighted by molar-refractivity contribution is 8.26. The Labute approximate surface area is 110 Å². The van der Waals surface area contributed by atoms with Gasteiger partial charge >= 0.3 is 0 Å². The van der Waals surface area contributed by atoms with Crippen LogP contribution in [0.15, 0.2) is 35.7 Å². The Morgan fingerprint density at radius 2 is 2.24 bits per heavy atom. The number of thioether (sulfide) groups is 1. The Morgan fingerprint density at radius 1 is 1.53 bits per heavy atom. The van der Waals surface area contributed by atoms with Gasteiger partial charge in [-0.25, -0.2) is 0 Å². The Morgan fingerprint density at radius 3 is 2.53 bits per heavy atom. The largest absolute Gasteiger partial charge is 0.399 e. The SMILES string of the molecule is C=C1SC(=S)NC1=O.CCc1cccc(N)c1. The fraction of sp³-hybridized carbons (Fsp3) is 0.167. The van der Waals surface area contributed by atoms with Gasteiger partial charge in [-0.3, -0.25) is 4.79 Å². The molecular formula is C12H14N2OS2. The van der Waals surface area contributed by atoms with Crippen molar-refractivity contribution in [1.82, 2.24) is 5.32 Å². The van der Waals surface area contributed by atoms with Crippen LogP contribution in [0.5, 0.6) is 0 Å². The molecule has 1 aliphatic heterocycles. The first kappa shape index (κ1) is 13.7. The van der Waals surface area contributed by atoms with E-state index in [9.17, 15) is 4.79 Å². The highest BCUT2D eigenvalue weighted by Crippen LogP contribution is 2.20.